The maximum Gasteiger partial charge on any atom is 0.127 e. The first-order valence-electron chi connectivity index (χ1n) is 2.86. The van der Waals surface area contributed by atoms with Crippen LogP contribution in [0, 0.1) is 0 Å². The highest BCUT2D eigenvalue weighted by Crippen LogP contribution is 2.12. The van der Waals surface area contributed by atoms with E-state index in [4.69, 9.17) is 24.2 Å². The maximum atomic E-state index is 5.67. The molecule has 0 aromatic carbocycles. The number of dihydropyridines is 1. The van der Waals surface area contributed by atoms with E-state index in [1.165, 1.54) is 0 Å². The lowest BCUT2D eigenvalue weighted by Crippen LogP contribution is -2.21. The Bertz CT molecular complexity index is 190. The molecule has 0 spiro atoms. The Hall–Kier alpha value is -0.565. The molecule has 0 fully saturated rings. The van der Waals surface area contributed by atoms with Gasteiger partial charge in [-0.3, -0.25) is 0 Å². The van der Waals surface area contributed by atoms with Crippen molar-refractivity contribution in [1.29, 1.82) is 0 Å². The largest absolute Gasteiger partial charge is 0.496 e. The fourth-order valence-corrected chi connectivity index (χ4v) is 0.902. The van der Waals surface area contributed by atoms with Crippen molar-refractivity contribution in [2.24, 2.45) is 0 Å². The van der Waals surface area contributed by atoms with Gasteiger partial charge in [0.15, 0.2) is 0 Å². The number of ether oxygens (including phenoxy) is 1. The van der Waals surface area contributed by atoms with Crippen molar-refractivity contribution < 1.29 is 4.74 Å². The lowest BCUT2D eigenvalue weighted by atomic mass is 9.92. The molecule has 0 aromatic rings. The number of hydrogen-bond acceptors (Lipinski definition) is 2. The smallest absolute Gasteiger partial charge is 0.127 e. The first-order chi connectivity index (χ1) is 4.74. The number of alkyl halides is 1. The standard InChI is InChI=1S/C6H7BClNO/c1-10-5-3-9-6(8)2-4(5)7/h2-3,6,9H,1H3. The Morgan fingerprint density at radius 3 is 3.00 bits per heavy atom. The van der Waals surface area contributed by atoms with Gasteiger partial charge in [-0.2, -0.15) is 0 Å². The highest BCUT2D eigenvalue weighted by atomic mass is 35.5. The maximum absolute atomic E-state index is 5.67. The van der Waals surface area contributed by atoms with Crippen molar-refractivity contribution in [1.82, 2.24) is 5.32 Å². The summed E-state index contributed by atoms with van der Waals surface area (Å²) in [5.41, 5.74) is 0.347. The van der Waals surface area contributed by atoms with Crippen molar-refractivity contribution in [2.45, 2.75) is 5.50 Å². The molecule has 2 radical (unpaired) electrons. The molecular weight excluding hydrogens is 148 g/mol. The number of rotatable bonds is 1. The van der Waals surface area contributed by atoms with Crippen molar-refractivity contribution in [3.8, 4) is 0 Å². The third-order valence-corrected chi connectivity index (χ3v) is 1.46. The monoisotopic (exact) mass is 155 g/mol. The summed E-state index contributed by atoms with van der Waals surface area (Å²) in [5.74, 6) is 0.622. The number of methoxy groups -OCH3 is 1. The van der Waals surface area contributed by atoms with E-state index in [0.29, 0.717) is 11.2 Å². The Morgan fingerprint density at radius 1 is 1.80 bits per heavy atom. The van der Waals surface area contributed by atoms with Crippen LogP contribution in [0.15, 0.2) is 23.5 Å². The highest BCUT2D eigenvalue weighted by molar-refractivity contribution is 6.27. The van der Waals surface area contributed by atoms with E-state index >= 15 is 0 Å². The average molecular weight is 155 g/mol. The van der Waals surface area contributed by atoms with Crippen LogP contribution in [0.2, 0.25) is 0 Å². The van der Waals surface area contributed by atoms with Gasteiger partial charge in [0.05, 0.1) is 7.11 Å². The van der Waals surface area contributed by atoms with Gasteiger partial charge in [0, 0.05) is 6.20 Å². The third-order valence-electron chi connectivity index (χ3n) is 1.20. The molecule has 0 aromatic heterocycles. The van der Waals surface area contributed by atoms with Crippen molar-refractivity contribution in [3.63, 3.8) is 0 Å². The molecule has 0 saturated carbocycles. The molecule has 10 heavy (non-hydrogen) atoms. The van der Waals surface area contributed by atoms with Crippen molar-refractivity contribution in [3.05, 3.63) is 23.5 Å². The molecule has 0 saturated heterocycles. The predicted octanol–water partition coefficient (Wildman–Crippen LogP) is 0.695. The number of allylic oxidation sites excluding steroid dienone is 1. The van der Waals surface area contributed by atoms with E-state index in [9.17, 15) is 0 Å². The average Bonchev–Trinajstić information content (AvgIpc) is 1.88. The van der Waals surface area contributed by atoms with E-state index in [1.54, 1.807) is 19.4 Å². The summed E-state index contributed by atoms with van der Waals surface area (Å²) in [7, 11) is 7.08. The molecule has 1 rings (SSSR count). The number of nitrogens with one attached hydrogen (secondary N) is 1. The van der Waals surface area contributed by atoms with Crippen LogP contribution >= 0.6 is 11.6 Å². The predicted molar refractivity (Wildman–Crippen MR) is 41.7 cm³/mol. The van der Waals surface area contributed by atoms with Gasteiger partial charge < -0.3 is 10.1 Å². The van der Waals surface area contributed by atoms with E-state index in [1.807, 2.05) is 0 Å². The summed E-state index contributed by atoms with van der Waals surface area (Å²) in [4.78, 5) is 0. The fraction of sp³-hybridized carbons (Fsp3) is 0.333. The van der Waals surface area contributed by atoms with E-state index in [-0.39, 0.29) is 5.50 Å². The quantitative estimate of drug-likeness (QED) is 0.342. The minimum absolute atomic E-state index is 0.223. The molecule has 1 aliphatic heterocycles. The summed E-state index contributed by atoms with van der Waals surface area (Å²) >= 11 is 5.67. The molecule has 0 bridgehead atoms. The summed E-state index contributed by atoms with van der Waals surface area (Å²) in [6, 6.07) is 0. The zero-order valence-electron chi connectivity index (χ0n) is 5.60. The summed E-state index contributed by atoms with van der Waals surface area (Å²) in [6.45, 7) is 0. The SMILES string of the molecule is [B]C1=CC(Cl)NC=C1OC. The van der Waals surface area contributed by atoms with Crippen LogP contribution in [0.4, 0.5) is 0 Å². The van der Waals surface area contributed by atoms with Crippen LogP contribution in [0.5, 0.6) is 0 Å². The zero-order valence-corrected chi connectivity index (χ0v) is 6.35. The summed E-state index contributed by atoms with van der Waals surface area (Å²) in [5, 5.41) is 2.84. The van der Waals surface area contributed by atoms with E-state index in [2.05, 4.69) is 5.32 Å². The van der Waals surface area contributed by atoms with Crippen LogP contribution in [-0.2, 0) is 4.74 Å². The third kappa shape index (κ3) is 1.48. The Balaban J connectivity index is 2.71. The zero-order chi connectivity index (χ0) is 7.56. The first-order valence-corrected chi connectivity index (χ1v) is 3.29. The molecule has 1 N–H and O–H groups in total. The second kappa shape index (κ2) is 3.02. The summed E-state index contributed by atoms with van der Waals surface area (Å²) in [6.07, 6.45) is 3.33. The van der Waals surface area contributed by atoms with Gasteiger partial charge in [-0.15, -0.1) is 0 Å². The number of halogens is 1. The van der Waals surface area contributed by atoms with Crippen LogP contribution in [0.1, 0.15) is 0 Å². The molecular formula is C6H7BClNO. The number of hydrogen-bond donors (Lipinski definition) is 1. The van der Waals surface area contributed by atoms with Gasteiger partial charge >= 0.3 is 0 Å². The summed E-state index contributed by atoms with van der Waals surface area (Å²) < 4.78 is 4.90. The van der Waals surface area contributed by atoms with Gasteiger partial charge in [0.25, 0.3) is 0 Å². The Kier molecular flexibility index (Phi) is 2.27. The molecule has 0 amide bonds. The van der Waals surface area contributed by atoms with Crippen LogP contribution in [0.3, 0.4) is 0 Å². The molecule has 1 unspecified atom stereocenters. The normalized spacial score (nSPS) is 24.4. The lowest BCUT2D eigenvalue weighted by molar-refractivity contribution is 0.300. The van der Waals surface area contributed by atoms with Crippen molar-refractivity contribution in [2.75, 3.05) is 7.11 Å². The van der Waals surface area contributed by atoms with Gasteiger partial charge in [-0.05, 0) is 0 Å². The Morgan fingerprint density at radius 2 is 2.50 bits per heavy atom. The van der Waals surface area contributed by atoms with Gasteiger partial charge in [-0.1, -0.05) is 23.1 Å². The molecule has 4 heteroatoms. The molecule has 1 heterocycles. The van der Waals surface area contributed by atoms with Crippen LogP contribution < -0.4 is 5.32 Å². The molecule has 52 valence electrons. The first kappa shape index (κ1) is 7.54. The molecule has 2 nitrogen and oxygen atoms in total. The molecule has 1 atom stereocenters. The van der Waals surface area contributed by atoms with E-state index < -0.39 is 0 Å². The minimum Gasteiger partial charge on any atom is -0.496 e. The second-order valence-electron chi connectivity index (χ2n) is 1.90. The van der Waals surface area contributed by atoms with E-state index in [0.717, 1.165) is 0 Å². The van der Waals surface area contributed by atoms with Gasteiger partial charge in [-0.25, -0.2) is 0 Å². The second-order valence-corrected chi connectivity index (χ2v) is 2.37. The van der Waals surface area contributed by atoms with Gasteiger partial charge in [0.2, 0.25) is 0 Å². The minimum atomic E-state index is -0.223. The van der Waals surface area contributed by atoms with Crippen LogP contribution in [0.25, 0.3) is 0 Å². The lowest BCUT2D eigenvalue weighted by Gasteiger charge is -2.16. The van der Waals surface area contributed by atoms with Gasteiger partial charge in [0.1, 0.15) is 19.1 Å². The topological polar surface area (TPSA) is 21.3 Å². The molecule has 0 aliphatic carbocycles. The van der Waals surface area contributed by atoms with Crippen molar-refractivity contribution >= 4 is 19.4 Å². The Labute approximate surface area is 66.3 Å². The fourth-order valence-electron chi connectivity index (χ4n) is 0.703. The molecule has 1 aliphatic rings. The highest BCUT2D eigenvalue weighted by Gasteiger charge is 2.07. The van der Waals surface area contributed by atoms with Crippen LogP contribution in [-0.4, -0.2) is 20.5 Å².